The Morgan fingerprint density at radius 1 is 1.57 bits per heavy atom. The van der Waals surface area contributed by atoms with Gasteiger partial charge in [0.05, 0.1) is 18.4 Å². The number of ether oxygens (including phenoxy) is 1. The van der Waals surface area contributed by atoms with E-state index in [0.717, 1.165) is 24.6 Å². The maximum atomic E-state index is 11.7. The van der Waals surface area contributed by atoms with Crippen molar-refractivity contribution in [3.05, 3.63) is 10.5 Å². The van der Waals surface area contributed by atoms with Gasteiger partial charge in [0.15, 0.2) is 5.16 Å². The van der Waals surface area contributed by atoms with Gasteiger partial charge in [-0.15, -0.1) is 5.10 Å². The quantitative estimate of drug-likeness (QED) is 0.618. The first-order chi connectivity index (χ1) is 10.1. The summed E-state index contributed by atoms with van der Waals surface area (Å²) < 4.78 is 6.94. The first-order valence-corrected chi connectivity index (χ1v) is 7.50. The largest absolute Gasteiger partial charge is 0.376 e. The number of hydrogen-bond acceptors (Lipinski definition) is 6. The fourth-order valence-corrected chi connectivity index (χ4v) is 2.68. The van der Waals surface area contributed by atoms with Crippen molar-refractivity contribution in [3.8, 4) is 0 Å². The zero-order valence-electron chi connectivity index (χ0n) is 11.5. The Morgan fingerprint density at radius 3 is 3.05 bits per heavy atom. The summed E-state index contributed by atoms with van der Waals surface area (Å²) in [6.45, 7) is 1.11. The molecule has 0 saturated carbocycles. The molecular formula is C11H17N5O4S. The summed E-state index contributed by atoms with van der Waals surface area (Å²) >= 11 is 1.08. The van der Waals surface area contributed by atoms with Crippen LogP contribution in [0, 0.1) is 0 Å². The molecule has 1 aromatic rings. The monoisotopic (exact) mass is 315 g/mol. The van der Waals surface area contributed by atoms with E-state index in [1.165, 1.54) is 11.6 Å². The van der Waals surface area contributed by atoms with E-state index >= 15 is 0 Å². The number of aromatic amines is 1. The van der Waals surface area contributed by atoms with Crippen molar-refractivity contribution in [3.63, 3.8) is 0 Å². The summed E-state index contributed by atoms with van der Waals surface area (Å²) in [5.74, 6) is -0.470. The summed E-state index contributed by atoms with van der Waals surface area (Å²) in [5.41, 5.74) is -0.334. The smallest absolute Gasteiger partial charge is 0.344 e. The number of urea groups is 1. The van der Waals surface area contributed by atoms with Crippen molar-refractivity contribution in [2.45, 2.75) is 30.6 Å². The summed E-state index contributed by atoms with van der Waals surface area (Å²) in [6, 6.07) is -0.570. The Morgan fingerprint density at radius 2 is 2.38 bits per heavy atom. The molecule has 1 aromatic heterocycles. The van der Waals surface area contributed by atoms with E-state index in [1.54, 1.807) is 0 Å². The molecule has 9 nitrogen and oxygen atoms in total. The number of rotatable bonds is 5. The average molecular weight is 315 g/mol. The lowest BCUT2D eigenvalue weighted by Gasteiger charge is -2.10. The lowest BCUT2D eigenvalue weighted by atomic mass is 10.2. The molecule has 0 unspecified atom stereocenters. The van der Waals surface area contributed by atoms with Gasteiger partial charge in [-0.05, 0) is 12.8 Å². The molecule has 0 spiro atoms. The Labute approximate surface area is 124 Å². The van der Waals surface area contributed by atoms with E-state index in [4.69, 9.17) is 4.74 Å². The van der Waals surface area contributed by atoms with Crippen molar-refractivity contribution < 1.29 is 14.3 Å². The summed E-state index contributed by atoms with van der Waals surface area (Å²) in [6.07, 6.45) is 1.88. The Balaban J connectivity index is 1.92. The standard InChI is InChI=1S/C11H17N5O4S/c1-12-9(18)13-8(17)6-21-11-15-14-10(19)16(11)5-7-3-2-4-20-7/h7H,2-6H2,1H3,(H,14,19)(H2,12,13,17,18)/t7-/m0/s1. The molecule has 1 saturated heterocycles. The second-order valence-electron chi connectivity index (χ2n) is 4.47. The second kappa shape index (κ2) is 7.27. The molecule has 3 N–H and O–H groups in total. The summed E-state index contributed by atoms with van der Waals surface area (Å²) in [5, 5.41) is 11.1. The van der Waals surface area contributed by atoms with Crippen LogP contribution in [0.1, 0.15) is 12.8 Å². The number of aromatic nitrogens is 3. The van der Waals surface area contributed by atoms with Crippen LogP contribution in [0.4, 0.5) is 4.79 Å². The second-order valence-corrected chi connectivity index (χ2v) is 5.42. The number of nitrogens with one attached hydrogen (secondary N) is 3. The normalized spacial score (nSPS) is 17.7. The van der Waals surface area contributed by atoms with Gasteiger partial charge in [-0.2, -0.15) is 0 Å². The van der Waals surface area contributed by atoms with Gasteiger partial charge in [0, 0.05) is 13.7 Å². The van der Waals surface area contributed by atoms with E-state index in [0.29, 0.717) is 18.3 Å². The number of carbonyl (C=O) groups excluding carboxylic acids is 2. The Hall–Kier alpha value is -1.81. The van der Waals surface area contributed by atoms with Gasteiger partial charge in [-0.1, -0.05) is 11.8 Å². The van der Waals surface area contributed by atoms with Crippen LogP contribution in [0.15, 0.2) is 9.95 Å². The molecule has 116 valence electrons. The van der Waals surface area contributed by atoms with Gasteiger partial charge in [0.1, 0.15) is 0 Å². The molecule has 1 aliphatic heterocycles. The van der Waals surface area contributed by atoms with Crippen LogP contribution in [0.3, 0.4) is 0 Å². The summed E-state index contributed by atoms with van der Waals surface area (Å²) in [7, 11) is 1.42. The third kappa shape index (κ3) is 4.33. The number of H-pyrrole nitrogens is 1. The van der Waals surface area contributed by atoms with E-state index in [1.807, 2.05) is 0 Å². The van der Waals surface area contributed by atoms with Crippen LogP contribution < -0.4 is 16.3 Å². The van der Waals surface area contributed by atoms with Crippen molar-refractivity contribution in [2.75, 3.05) is 19.4 Å². The van der Waals surface area contributed by atoms with Crippen molar-refractivity contribution in [1.82, 2.24) is 25.4 Å². The van der Waals surface area contributed by atoms with Crippen LogP contribution in [0.5, 0.6) is 0 Å². The van der Waals surface area contributed by atoms with Crippen LogP contribution in [-0.2, 0) is 16.1 Å². The first kappa shape index (κ1) is 15.6. The third-order valence-corrected chi connectivity index (χ3v) is 3.92. The number of hydrogen-bond donors (Lipinski definition) is 3. The molecule has 0 aliphatic carbocycles. The number of imide groups is 1. The van der Waals surface area contributed by atoms with Gasteiger partial charge in [0.25, 0.3) is 0 Å². The molecule has 1 aliphatic rings. The molecule has 0 aromatic carbocycles. The van der Waals surface area contributed by atoms with Crippen LogP contribution in [-0.4, -0.2) is 52.2 Å². The average Bonchev–Trinajstić information content (AvgIpc) is 3.09. The zero-order valence-corrected chi connectivity index (χ0v) is 12.4. The molecule has 1 fully saturated rings. The van der Waals surface area contributed by atoms with Gasteiger partial charge in [-0.3, -0.25) is 14.7 Å². The van der Waals surface area contributed by atoms with Gasteiger partial charge in [-0.25, -0.2) is 14.7 Å². The van der Waals surface area contributed by atoms with Gasteiger partial charge in [0.2, 0.25) is 5.91 Å². The maximum absolute atomic E-state index is 11.7. The van der Waals surface area contributed by atoms with E-state index in [9.17, 15) is 14.4 Å². The molecule has 10 heteroatoms. The minimum atomic E-state index is -0.570. The lowest BCUT2D eigenvalue weighted by molar-refractivity contribution is -0.117. The molecule has 3 amide bonds. The van der Waals surface area contributed by atoms with E-state index in [2.05, 4.69) is 20.8 Å². The highest BCUT2D eigenvalue weighted by atomic mass is 32.2. The van der Waals surface area contributed by atoms with Gasteiger partial charge >= 0.3 is 11.7 Å². The zero-order chi connectivity index (χ0) is 15.2. The third-order valence-electron chi connectivity index (χ3n) is 2.95. The van der Waals surface area contributed by atoms with Crippen LogP contribution in [0.25, 0.3) is 0 Å². The van der Waals surface area contributed by atoms with Crippen LogP contribution >= 0.6 is 11.8 Å². The highest BCUT2D eigenvalue weighted by Crippen LogP contribution is 2.17. The lowest BCUT2D eigenvalue weighted by Crippen LogP contribution is -2.38. The number of carbonyl (C=O) groups is 2. The van der Waals surface area contributed by atoms with E-state index < -0.39 is 11.9 Å². The molecule has 0 bridgehead atoms. The molecule has 21 heavy (non-hydrogen) atoms. The van der Waals surface area contributed by atoms with Gasteiger partial charge < -0.3 is 10.1 Å². The van der Waals surface area contributed by atoms with Crippen molar-refractivity contribution in [1.29, 1.82) is 0 Å². The highest BCUT2D eigenvalue weighted by molar-refractivity contribution is 7.99. The minimum absolute atomic E-state index is 0.000606. The topological polar surface area (TPSA) is 118 Å². The SMILES string of the molecule is CNC(=O)NC(=O)CSc1n[nH]c(=O)n1C[C@@H]1CCCO1. The predicted molar refractivity (Wildman–Crippen MR) is 75.1 cm³/mol. The first-order valence-electron chi connectivity index (χ1n) is 6.51. The number of thioether (sulfide) groups is 1. The molecule has 2 rings (SSSR count). The van der Waals surface area contributed by atoms with Crippen LogP contribution in [0.2, 0.25) is 0 Å². The number of amides is 3. The van der Waals surface area contributed by atoms with Crippen molar-refractivity contribution >= 4 is 23.7 Å². The number of nitrogens with zero attached hydrogens (tertiary/aromatic N) is 2. The molecule has 2 heterocycles. The Kier molecular flexibility index (Phi) is 5.39. The molecular weight excluding hydrogens is 298 g/mol. The van der Waals surface area contributed by atoms with Crippen molar-refractivity contribution in [2.24, 2.45) is 0 Å². The fraction of sp³-hybridized carbons (Fsp3) is 0.636. The molecule has 1 atom stereocenters. The summed E-state index contributed by atoms with van der Waals surface area (Å²) in [4.78, 5) is 34.2. The maximum Gasteiger partial charge on any atom is 0.344 e. The minimum Gasteiger partial charge on any atom is -0.376 e. The predicted octanol–water partition coefficient (Wildman–Crippen LogP) is -0.702. The van der Waals surface area contributed by atoms with E-state index in [-0.39, 0.29) is 17.5 Å². The molecule has 0 radical (unpaired) electrons. The Bertz CT molecular complexity index is 563. The fourth-order valence-electron chi connectivity index (χ4n) is 1.92. The highest BCUT2D eigenvalue weighted by Gasteiger charge is 2.20.